The van der Waals surface area contributed by atoms with Crippen molar-refractivity contribution in [2.45, 2.75) is 58.9 Å². The van der Waals surface area contributed by atoms with Crippen LogP contribution in [0.25, 0.3) is 0 Å². The highest BCUT2D eigenvalue weighted by Crippen LogP contribution is 2.11. The number of benzene rings is 1. The van der Waals surface area contributed by atoms with Gasteiger partial charge in [-0.1, -0.05) is 57.5 Å². The van der Waals surface area contributed by atoms with Crippen molar-refractivity contribution >= 4 is 11.9 Å². The summed E-state index contributed by atoms with van der Waals surface area (Å²) in [5.41, 5.74) is 1.18. The second-order valence-electron chi connectivity index (χ2n) is 6.36. The van der Waals surface area contributed by atoms with Crippen molar-refractivity contribution in [2.75, 3.05) is 26.3 Å². The quantitative estimate of drug-likeness (QED) is 0.396. The first-order valence-corrected chi connectivity index (χ1v) is 9.75. The van der Waals surface area contributed by atoms with Gasteiger partial charge in [0.2, 0.25) is 6.04 Å². The van der Waals surface area contributed by atoms with Crippen LogP contribution in [0.4, 0.5) is 0 Å². The zero-order valence-corrected chi connectivity index (χ0v) is 16.4. The minimum absolute atomic E-state index is 0.316. The van der Waals surface area contributed by atoms with Crippen molar-refractivity contribution in [2.24, 2.45) is 0 Å². The number of nitrogens with zero attached hydrogens (tertiary/aromatic N) is 1. The molecular formula is C21H33NO4. The summed E-state index contributed by atoms with van der Waals surface area (Å²) in [6.07, 6.45) is 4.11. The molecule has 26 heavy (non-hydrogen) atoms. The van der Waals surface area contributed by atoms with Crippen LogP contribution in [-0.4, -0.2) is 49.2 Å². The Morgan fingerprint density at radius 1 is 0.885 bits per heavy atom. The van der Waals surface area contributed by atoms with Gasteiger partial charge in [0.1, 0.15) is 0 Å². The Balaban J connectivity index is 2.89. The van der Waals surface area contributed by atoms with Crippen LogP contribution in [0.2, 0.25) is 0 Å². The van der Waals surface area contributed by atoms with Crippen LogP contribution in [0, 0.1) is 0 Å². The normalized spacial score (nSPS) is 11.0. The van der Waals surface area contributed by atoms with Crippen molar-refractivity contribution in [3.05, 3.63) is 35.9 Å². The summed E-state index contributed by atoms with van der Waals surface area (Å²) in [5, 5.41) is 0. The number of ether oxygens (including phenoxy) is 2. The van der Waals surface area contributed by atoms with E-state index in [9.17, 15) is 9.59 Å². The van der Waals surface area contributed by atoms with Crippen LogP contribution in [0.15, 0.2) is 30.3 Å². The first-order chi connectivity index (χ1) is 12.6. The van der Waals surface area contributed by atoms with E-state index in [1.165, 1.54) is 5.56 Å². The Kier molecular flexibility index (Phi) is 11.4. The van der Waals surface area contributed by atoms with Gasteiger partial charge in [-0.25, -0.2) is 9.59 Å². The lowest BCUT2D eigenvalue weighted by molar-refractivity contribution is -0.164. The molecule has 5 nitrogen and oxygen atoms in total. The third kappa shape index (κ3) is 8.00. The van der Waals surface area contributed by atoms with Crippen molar-refractivity contribution in [3.63, 3.8) is 0 Å². The standard InChI is InChI=1S/C21H33NO4/c1-4-7-14-22(15-13-18-11-9-8-10-12-18)19(20(23)25-16-5-2)21(24)26-17-6-3/h8-12,19H,4-7,13-17H2,1-3H3. The third-order valence-electron chi connectivity index (χ3n) is 4.04. The van der Waals surface area contributed by atoms with Crippen LogP contribution in [-0.2, 0) is 25.5 Å². The zero-order chi connectivity index (χ0) is 19.2. The molecule has 0 aliphatic heterocycles. The SMILES string of the molecule is CCCCN(CCc1ccccc1)C(C(=O)OCCC)C(=O)OCCC. The topological polar surface area (TPSA) is 55.8 Å². The lowest BCUT2D eigenvalue weighted by atomic mass is 10.1. The molecule has 0 saturated carbocycles. The molecule has 0 heterocycles. The molecule has 0 unspecified atom stereocenters. The molecule has 0 amide bonds. The molecule has 0 N–H and O–H groups in total. The molecule has 146 valence electrons. The Morgan fingerprint density at radius 3 is 1.96 bits per heavy atom. The van der Waals surface area contributed by atoms with Crippen molar-refractivity contribution in [1.29, 1.82) is 0 Å². The van der Waals surface area contributed by atoms with E-state index in [1.54, 1.807) is 0 Å². The summed E-state index contributed by atoms with van der Waals surface area (Å²) in [6, 6.07) is 9.09. The fourth-order valence-corrected chi connectivity index (χ4v) is 2.61. The number of unbranched alkanes of at least 4 members (excludes halogenated alkanes) is 1. The number of hydrogen-bond acceptors (Lipinski definition) is 5. The van der Waals surface area contributed by atoms with Crippen molar-refractivity contribution < 1.29 is 19.1 Å². The first-order valence-electron chi connectivity index (χ1n) is 9.75. The second kappa shape index (κ2) is 13.3. The number of esters is 2. The molecule has 0 saturated heterocycles. The summed E-state index contributed by atoms with van der Waals surface area (Å²) in [7, 11) is 0. The number of carbonyl (C=O) groups excluding carboxylic acids is 2. The predicted molar refractivity (Wildman–Crippen MR) is 103 cm³/mol. The van der Waals surface area contributed by atoms with Gasteiger partial charge in [-0.3, -0.25) is 4.90 Å². The monoisotopic (exact) mass is 363 g/mol. The Labute approximate surface area is 157 Å². The molecule has 1 aromatic carbocycles. The highest BCUT2D eigenvalue weighted by molar-refractivity contribution is 5.99. The molecular weight excluding hydrogens is 330 g/mol. The Hall–Kier alpha value is -1.88. The molecule has 0 aliphatic rings. The van der Waals surface area contributed by atoms with Crippen molar-refractivity contribution in [3.8, 4) is 0 Å². The smallest absolute Gasteiger partial charge is 0.335 e. The second-order valence-corrected chi connectivity index (χ2v) is 6.36. The van der Waals surface area contributed by atoms with Gasteiger partial charge in [-0.05, 0) is 37.8 Å². The summed E-state index contributed by atoms with van der Waals surface area (Å²) in [5.74, 6) is -1.01. The van der Waals surface area contributed by atoms with Crippen LogP contribution in [0.5, 0.6) is 0 Å². The van der Waals surface area contributed by atoms with Crippen LogP contribution in [0.3, 0.4) is 0 Å². The predicted octanol–water partition coefficient (Wildman–Crippen LogP) is 3.61. The highest BCUT2D eigenvalue weighted by atomic mass is 16.6. The van der Waals surface area contributed by atoms with E-state index < -0.39 is 18.0 Å². The molecule has 0 spiro atoms. The molecule has 0 fully saturated rings. The molecule has 0 radical (unpaired) electrons. The van der Waals surface area contributed by atoms with Gasteiger partial charge in [0.05, 0.1) is 13.2 Å². The van der Waals surface area contributed by atoms with Gasteiger partial charge in [0.15, 0.2) is 0 Å². The fraction of sp³-hybridized carbons (Fsp3) is 0.619. The average molecular weight is 363 g/mol. The van der Waals surface area contributed by atoms with Gasteiger partial charge in [0, 0.05) is 6.54 Å². The van der Waals surface area contributed by atoms with E-state index in [2.05, 4.69) is 19.1 Å². The minimum atomic E-state index is -0.983. The maximum atomic E-state index is 12.6. The third-order valence-corrected chi connectivity index (χ3v) is 4.04. The fourth-order valence-electron chi connectivity index (χ4n) is 2.61. The summed E-state index contributed by atoms with van der Waals surface area (Å²) in [6.45, 7) is 7.86. The largest absolute Gasteiger partial charge is 0.464 e. The summed E-state index contributed by atoms with van der Waals surface area (Å²) in [4.78, 5) is 27.0. The van der Waals surface area contributed by atoms with E-state index >= 15 is 0 Å². The number of carbonyl (C=O) groups is 2. The molecule has 0 aromatic heterocycles. The van der Waals surface area contributed by atoms with Gasteiger partial charge in [-0.15, -0.1) is 0 Å². The van der Waals surface area contributed by atoms with Gasteiger partial charge < -0.3 is 9.47 Å². The zero-order valence-electron chi connectivity index (χ0n) is 16.4. The highest BCUT2D eigenvalue weighted by Gasteiger charge is 2.35. The van der Waals surface area contributed by atoms with Crippen LogP contribution in [0.1, 0.15) is 52.0 Å². The Morgan fingerprint density at radius 2 is 1.46 bits per heavy atom. The van der Waals surface area contributed by atoms with Gasteiger partial charge in [0.25, 0.3) is 0 Å². The molecule has 0 bridgehead atoms. The van der Waals surface area contributed by atoms with E-state index in [4.69, 9.17) is 9.47 Å². The minimum Gasteiger partial charge on any atom is -0.464 e. The molecule has 1 rings (SSSR count). The van der Waals surface area contributed by atoms with Crippen LogP contribution < -0.4 is 0 Å². The molecule has 0 aliphatic carbocycles. The summed E-state index contributed by atoms with van der Waals surface area (Å²) < 4.78 is 10.6. The number of rotatable bonds is 13. The number of hydrogen-bond donors (Lipinski definition) is 0. The lowest BCUT2D eigenvalue weighted by Crippen LogP contribution is -2.49. The Bertz CT molecular complexity index is 498. The maximum Gasteiger partial charge on any atom is 0.335 e. The molecule has 0 atom stereocenters. The van der Waals surface area contributed by atoms with Gasteiger partial charge in [-0.2, -0.15) is 0 Å². The van der Waals surface area contributed by atoms with Gasteiger partial charge >= 0.3 is 11.9 Å². The van der Waals surface area contributed by atoms with E-state index in [-0.39, 0.29) is 0 Å². The molecule has 5 heteroatoms. The van der Waals surface area contributed by atoms with E-state index in [0.29, 0.717) is 26.3 Å². The summed E-state index contributed by atoms with van der Waals surface area (Å²) >= 11 is 0. The van der Waals surface area contributed by atoms with Crippen LogP contribution >= 0.6 is 0 Å². The first kappa shape index (κ1) is 22.2. The van der Waals surface area contributed by atoms with E-state index in [1.807, 2.05) is 36.9 Å². The van der Waals surface area contributed by atoms with Crippen molar-refractivity contribution in [1.82, 2.24) is 4.90 Å². The average Bonchev–Trinajstić information content (AvgIpc) is 2.67. The molecule has 1 aromatic rings. The lowest BCUT2D eigenvalue weighted by Gasteiger charge is -2.28. The maximum absolute atomic E-state index is 12.6. The van der Waals surface area contributed by atoms with E-state index in [0.717, 1.165) is 32.1 Å².